The Labute approximate surface area is 161 Å². The van der Waals surface area contributed by atoms with Crippen LogP contribution in [0.25, 0.3) is 0 Å². The van der Waals surface area contributed by atoms with Gasteiger partial charge in [0.05, 0.1) is 6.20 Å². The number of rotatable bonds is 9. The highest BCUT2D eigenvalue weighted by molar-refractivity contribution is 5.94. The van der Waals surface area contributed by atoms with Crippen molar-refractivity contribution in [1.29, 1.82) is 0 Å². The predicted molar refractivity (Wildman–Crippen MR) is 109 cm³/mol. The van der Waals surface area contributed by atoms with E-state index in [0.717, 1.165) is 56.1 Å². The van der Waals surface area contributed by atoms with Crippen LogP contribution in [-0.4, -0.2) is 48.7 Å². The van der Waals surface area contributed by atoms with Crippen molar-refractivity contribution in [2.75, 3.05) is 26.7 Å². The molecule has 1 amide bonds. The number of guanidine groups is 1. The molecule has 0 aliphatic heterocycles. The van der Waals surface area contributed by atoms with Gasteiger partial charge in [-0.3, -0.25) is 14.9 Å². The number of aromatic amines is 1. The Bertz CT molecular complexity index is 752. The van der Waals surface area contributed by atoms with Gasteiger partial charge in [0.25, 0.3) is 5.91 Å². The molecular formula is C20H30N6O. The van der Waals surface area contributed by atoms with Crippen molar-refractivity contribution < 1.29 is 4.79 Å². The van der Waals surface area contributed by atoms with E-state index in [1.54, 1.807) is 7.05 Å². The maximum Gasteiger partial charge on any atom is 0.251 e. The normalized spacial score (nSPS) is 11.3. The number of H-pyrrole nitrogens is 1. The molecule has 1 heterocycles. The van der Waals surface area contributed by atoms with Crippen LogP contribution in [0.5, 0.6) is 0 Å². The van der Waals surface area contributed by atoms with Crippen molar-refractivity contribution in [3.63, 3.8) is 0 Å². The molecule has 0 atom stereocenters. The average Bonchev–Trinajstić information content (AvgIpc) is 3.09. The van der Waals surface area contributed by atoms with Gasteiger partial charge in [0, 0.05) is 37.9 Å². The van der Waals surface area contributed by atoms with Crippen LogP contribution >= 0.6 is 0 Å². The lowest BCUT2D eigenvalue weighted by atomic mass is 10.1. The quantitative estimate of drug-likeness (QED) is 0.308. The first-order valence-electron chi connectivity index (χ1n) is 9.46. The summed E-state index contributed by atoms with van der Waals surface area (Å²) in [6.07, 6.45) is 4.65. The SMILES string of the molecule is CCNC(=NCCCc1cn[nH]c1C)NCCc1cccc(C(=O)NC)c1. The van der Waals surface area contributed by atoms with Crippen LogP contribution in [0.3, 0.4) is 0 Å². The topological polar surface area (TPSA) is 94.2 Å². The number of hydrogen-bond acceptors (Lipinski definition) is 3. The molecule has 2 aromatic rings. The van der Waals surface area contributed by atoms with E-state index in [9.17, 15) is 4.79 Å². The van der Waals surface area contributed by atoms with Crippen LogP contribution in [-0.2, 0) is 12.8 Å². The lowest BCUT2D eigenvalue weighted by Crippen LogP contribution is -2.38. The number of nitrogens with zero attached hydrogens (tertiary/aromatic N) is 2. The van der Waals surface area contributed by atoms with Gasteiger partial charge in [0.15, 0.2) is 5.96 Å². The molecule has 0 spiro atoms. The smallest absolute Gasteiger partial charge is 0.251 e. The summed E-state index contributed by atoms with van der Waals surface area (Å²) in [5, 5.41) is 16.3. The summed E-state index contributed by atoms with van der Waals surface area (Å²) >= 11 is 0. The highest BCUT2D eigenvalue weighted by Crippen LogP contribution is 2.06. The number of aryl methyl sites for hydroxylation is 2. The molecule has 0 unspecified atom stereocenters. The summed E-state index contributed by atoms with van der Waals surface area (Å²) in [4.78, 5) is 16.4. The fourth-order valence-electron chi connectivity index (χ4n) is 2.77. The summed E-state index contributed by atoms with van der Waals surface area (Å²) in [5.74, 6) is 0.761. The molecule has 0 saturated carbocycles. The maximum absolute atomic E-state index is 11.7. The van der Waals surface area contributed by atoms with E-state index in [2.05, 4.69) is 38.1 Å². The van der Waals surface area contributed by atoms with Gasteiger partial charge in [-0.05, 0) is 56.4 Å². The van der Waals surface area contributed by atoms with Gasteiger partial charge >= 0.3 is 0 Å². The highest BCUT2D eigenvalue weighted by atomic mass is 16.1. The number of carbonyl (C=O) groups is 1. The Morgan fingerprint density at radius 2 is 2.11 bits per heavy atom. The van der Waals surface area contributed by atoms with Crippen molar-refractivity contribution in [1.82, 2.24) is 26.1 Å². The third-order valence-electron chi connectivity index (χ3n) is 4.28. The zero-order valence-corrected chi connectivity index (χ0v) is 16.4. The van der Waals surface area contributed by atoms with Gasteiger partial charge in [0.1, 0.15) is 0 Å². The molecule has 0 aliphatic carbocycles. The van der Waals surface area contributed by atoms with Crippen LogP contribution in [0.1, 0.15) is 40.5 Å². The number of carbonyl (C=O) groups excluding carboxylic acids is 1. The summed E-state index contributed by atoms with van der Waals surface area (Å²) in [6, 6.07) is 7.70. The first-order chi connectivity index (χ1) is 13.1. The molecule has 0 aliphatic rings. The van der Waals surface area contributed by atoms with Crippen LogP contribution in [0.2, 0.25) is 0 Å². The molecule has 0 fully saturated rings. The number of aromatic nitrogens is 2. The van der Waals surface area contributed by atoms with E-state index in [0.29, 0.717) is 5.56 Å². The molecular weight excluding hydrogens is 340 g/mol. The number of nitrogens with one attached hydrogen (secondary N) is 4. The Kier molecular flexibility index (Phi) is 8.35. The van der Waals surface area contributed by atoms with Gasteiger partial charge in [0.2, 0.25) is 0 Å². The van der Waals surface area contributed by atoms with E-state index in [-0.39, 0.29) is 5.91 Å². The maximum atomic E-state index is 11.7. The van der Waals surface area contributed by atoms with Gasteiger partial charge < -0.3 is 16.0 Å². The Morgan fingerprint density at radius 3 is 2.81 bits per heavy atom. The van der Waals surface area contributed by atoms with Gasteiger partial charge in [-0.15, -0.1) is 0 Å². The number of hydrogen-bond donors (Lipinski definition) is 4. The third-order valence-corrected chi connectivity index (χ3v) is 4.28. The van der Waals surface area contributed by atoms with Crippen molar-refractivity contribution in [3.05, 3.63) is 52.8 Å². The summed E-state index contributed by atoms with van der Waals surface area (Å²) < 4.78 is 0. The van der Waals surface area contributed by atoms with Crippen molar-refractivity contribution in [2.24, 2.45) is 4.99 Å². The molecule has 7 nitrogen and oxygen atoms in total. The molecule has 4 N–H and O–H groups in total. The monoisotopic (exact) mass is 370 g/mol. The van der Waals surface area contributed by atoms with Crippen LogP contribution in [0.15, 0.2) is 35.5 Å². The molecule has 27 heavy (non-hydrogen) atoms. The second kappa shape index (κ2) is 11.0. The van der Waals surface area contributed by atoms with Crippen molar-refractivity contribution >= 4 is 11.9 Å². The fraction of sp³-hybridized carbons (Fsp3) is 0.450. The number of amides is 1. The summed E-state index contributed by atoms with van der Waals surface area (Å²) in [5.41, 5.74) is 4.18. The molecule has 146 valence electrons. The second-order valence-corrected chi connectivity index (χ2v) is 6.34. The minimum atomic E-state index is -0.0624. The molecule has 1 aromatic carbocycles. The molecule has 0 radical (unpaired) electrons. The van der Waals surface area contributed by atoms with E-state index in [4.69, 9.17) is 0 Å². The highest BCUT2D eigenvalue weighted by Gasteiger charge is 2.04. The minimum absolute atomic E-state index is 0.0624. The van der Waals surface area contributed by atoms with Gasteiger partial charge in [-0.2, -0.15) is 5.10 Å². The lowest BCUT2D eigenvalue weighted by molar-refractivity contribution is 0.0963. The van der Waals surface area contributed by atoms with E-state index < -0.39 is 0 Å². The average molecular weight is 371 g/mol. The molecule has 1 aromatic heterocycles. The summed E-state index contributed by atoms with van der Waals surface area (Å²) in [7, 11) is 1.64. The molecule has 2 rings (SSSR count). The fourth-order valence-corrected chi connectivity index (χ4v) is 2.77. The Hall–Kier alpha value is -2.83. The third kappa shape index (κ3) is 6.77. The zero-order valence-electron chi connectivity index (χ0n) is 16.4. The largest absolute Gasteiger partial charge is 0.357 e. The van der Waals surface area contributed by atoms with Gasteiger partial charge in [-0.25, -0.2) is 0 Å². The van der Waals surface area contributed by atoms with Crippen LogP contribution in [0.4, 0.5) is 0 Å². The molecule has 0 saturated heterocycles. The first kappa shape index (κ1) is 20.5. The predicted octanol–water partition coefficient (Wildman–Crippen LogP) is 1.81. The van der Waals surface area contributed by atoms with Crippen molar-refractivity contribution in [3.8, 4) is 0 Å². The van der Waals surface area contributed by atoms with Gasteiger partial charge in [-0.1, -0.05) is 12.1 Å². The Balaban J connectivity index is 1.79. The standard InChI is InChI=1S/C20H30N6O/c1-4-22-20(23-11-6-9-18-14-25-26-15(18)2)24-12-10-16-7-5-8-17(13-16)19(27)21-3/h5,7-8,13-14H,4,6,9-12H2,1-3H3,(H,21,27)(H,25,26)(H2,22,23,24). The number of benzene rings is 1. The Morgan fingerprint density at radius 1 is 1.26 bits per heavy atom. The molecule has 7 heteroatoms. The van der Waals surface area contributed by atoms with Crippen molar-refractivity contribution in [2.45, 2.75) is 33.1 Å². The van der Waals surface area contributed by atoms with Crippen LogP contribution < -0.4 is 16.0 Å². The van der Waals surface area contributed by atoms with E-state index in [1.807, 2.05) is 37.4 Å². The summed E-state index contributed by atoms with van der Waals surface area (Å²) in [6.45, 7) is 6.42. The van der Waals surface area contributed by atoms with E-state index in [1.165, 1.54) is 5.56 Å². The molecule has 0 bridgehead atoms. The second-order valence-electron chi connectivity index (χ2n) is 6.34. The van der Waals surface area contributed by atoms with Crippen LogP contribution in [0, 0.1) is 6.92 Å². The first-order valence-corrected chi connectivity index (χ1v) is 9.46. The van der Waals surface area contributed by atoms with E-state index >= 15 is 0 Å². The lowest BCUT2D eigenvalue weighted by Gasteiger charge is -2.11. The number of aliphatic imine (C=N–C) groups is 1. The minimum Gasteiger partial charge on any atom is -0.357 e. The zero-order chi connectivity index (χ0) is 19.5.